The fourth-order valence-electron chi connectivity index (χ4n) is 6.52. The number of aryl methyl sites for hydroxylation is 1. The quantitative estimate of drug-likeness (QED) is 0.807. The number of Topliss-reactive ketones (excluding diaryl/α,β-unsaturated/α-hetero) is 1. The van der Waals surface area contributed by atoms with Crippen molar-refractivity contribution < 1.29 is 4.79 Å². The summed E-state index contributed by atoms with van der Waals surface area (Å²) in [6.45, 7) is 14.9. The van der Waals surface area contributed by atoms with E-state index in [2.05, 4.69) is 80.3 Å². The first-order valence-corrected chi connectivity index (χ1v) is 10.8. The van der Waals surface area contributed by atoms with Crippen LogP contribution >= 0.6 is 0 Å². The average molecular weight is 380 g/mol. The van der Waals surface area contributed by atoms with Gasteiger partial charge < -0.3 is 4.57 Å². The highest BCUT2D eigenvalue weighted by molar-refractivity contribution is 5.94. The average Bonchev–Trinajstić information content (AvgIpc) is 2.89. The van der Waals surface area contributed by atoms with Crippen molar-refractivity contribution in [2.45, 2.75) is 40.8 Å². The first-order valence-electron chi connectivity index (χ1n) is 10.8. The largest absolute Gasteiger partial charge is 0.348 e. The molecule has 4 aliphatic heterocycles. The monoisotopic (exact) mass is 379 g/mol. The van der Waals surface area contributed by atoms with E-state index in [-0.39, 0.29) is 17.0 Å². The summed E-state index contributed by atoms with van der Waals surface area (Å²) in [7, 11) is 2.18. The maximum absolute atomic E-state index is 13.8. The molecule has 0 N–H and O–H groups in total. The van der Waals surface area contributed by atoms with Crippen LogP contribution in [0, 0.1) is 29.6 Å². The van der Waals surface area contributed by atoms with E-state index >= 15 is 0 Å². The van der Waals surface area contributed by atoms with Crippen LogP contribution < -0.4 is 0 Å². The van der Waals surface area contributed by atoms with E-state index in [0.29, 0.717) is 17.6 Å². The normalized spacial score (nSPS) is 37.0. The highest BCUT2D eigenvalue weighted by Gasteiger charge is 2.67. The van der Waals surface area contributed by atoms with E-state index in [1.165, 1.54) is 22.2 Å². The number of carbonyl (C=O) groups is 1. The number of benzene rings is 1. The molecular formula is C24H33N3O. The molecule has 5 heterocycles. The smallest absolute Gasteiger partial charge is 0.150 e. The number of nitrogens with zero attached hydrogens (tertiary/aromatic N) is 3. The van der Waals surface area contributed by atoms with Crippen LogP contribution in [0.25, 0.3) is 10.9 Å². The Balaban J connectivity index is 1.68. The van der Waals surface area contributed by atoms with Crippen LogP contribution in [-0.2, 0) is 11.8 Å². The number of hydrogen-bond acceptors (Lipinski definition) is 3. The van der Waals surface area contributed by atoms with Crippen molar-refractivity contribution in [1.29, 1.82) is 0 Å². The summed E-state index contributed by atoms with van der Waals surface area (Å²) in [5.74, 6) is 1.29. The molecular weight excluding hydrogens is 346 g/mol. The molecule has 4 saturated heterocycles. The summed E-state index contributed by atoms with van der Waals surface area (Å²) < 4.78 is 2.33. The lowest BCUT2D eigenvalue weighted by Gasteiger charge is -2.68. The molecule has 0 amide bonds. The van der Waals surface area contributed by atoms with Crippen molar-refractivity contribution in [2.75, 3.05) is 26.2 Å². The molecule has 0 radical (unpaired) electrons. The van der Waals surface area contributed by atoms with Gasteiger partial charge in [0.05, 0.1) is 17.0 Å². The van der Waals surface area contributed by atoms with Gasteiger partial charge in [-0.1, -0.05) is 45.9 Å². The molecule has 4 aliphatic rings. The summed E-state index contributed by atoms with van der Waals surface area (Å²) in [5.41, 5.74) is 3.68. The Bertz CT molecular complexity index is 924. The number of rotatable bonds is 3. The van der Waals surface area contributed by atoms with Gasteiger partial charge in [0, 0.05) is 55.4 Å². The van der Waals surface area contributed by atoms with Crippen LogP contribution in [0.4, 0.5) is 0 Å². The lowest BCUT2D eigenvalue weighted by atomic mass is 9.53. The number of ketones is 1. The third-order valence-corrected chi connectivity index (χ3v) is 8.45. The predicted molar refractivity (Wildman–Crippen MR) is 113 cm³/mol. The van der Waals surface area contributed by atoms with Gasteiger partial charge in [0.1, 0.15) is 0 Å². The lowest BCUT2D eigenvalue weighted by molar-refractivity contribution is -0.217. The van der Waals surface area contributed by atoms with Gasteiger partial charge in [0.2, 0.25) is 0 Å². The third-order valence-electron chi connectivity index (χ3n) is 8.45. The van der Waals surface area contributed by atoms with Gasteiger partial charge in [-0.05, 0) is 24.8 Å². The van der Waals surface area contributed by atoms with Gasteiger partial charge in [-0.15, -0.1) is 0 Å². The van der Waals surface area contributed by atoms with Gasteiger partial charge in [-0.25, -0.2) is 0 Å². The van der Waals surface area contributed by atoms with Gasteiger partial charge >= 0.3 is 0 Å². The highest BCUT2D eigenvalue weighted by Crippen LogP contribution is 2.58. The number of aromatic nitrogens is 1. The summed E-state index contributed by atoms with van der Waals surface area (Å²) >= 11 is 0. The highest BCUT2D eigenvalue weighted by atomic mass is 16.1. The van der Waals surface area contributed by atoms with E-state index in [1.807, 2.05) is 0 Å². The number of carbonyl (C=O) groups excluding carboxylic acids is 1. The first-order chi connectivity index (χ1) is 13.2. The Morgan fingerprint density at radius 2 is 1.43 bits per heavy atom. The van der Waals surface area contributed by atoms with Crippen molar-refractivity contribution >= 4 is 16.7 Å². The van der Waals surface area contributed by atoms with Crippen LogP contribution in [0.1, 0.15) is 45.1 Å². The Labute approximate surface area is 168 Å². The minimum absolute atomic E-state index is 0.213. The molecule has 28 heavy (non-hydrogen) atoms. The molecule has 4 nitrogen and oxygen atoms in total. The van der Waals surface area contributed by atoms with E-state index < -0.39 is 0 Å². The minimum atomic E-state index is -0.213. The maximum atomic E-state index is 13.8. The Morgan fingerprint density at radius 3 is 1.93 bits per heavy atom. The molecule has 6 rings (SSSR count). The molecule has 2 aromatic rings. The van der Waals surface area contributed by atoms with Crippen molar-refractivity contribution in [2.24, 2.45) is 29.7 Å². The van der Waals surface area contributed by atoms with E-state index in [1.54, 1.807) is 0 Å². The topological polar surface area (TPSA) is 28.5 Å². The first kappa shape index (κ1) is 18.4. The van der Waals surface area contributed by atoms with Gasteiger partial charge in [-0.3, -0.25) is 14.6 Å². The Hall–Kier alpha value is -1.65. The zero-order valence-corrected chi connectivity index (χ0v) is 18.1. The van der Waals surface area contributed by atoms with Gasteiger partial charge in [0.25, 0.3) is 0 Å². The SMILES string of the molecule is Cc1c(C2N3CC4(C(C)C)CN2CC(C(C)C)(C3)C4=O)c2ccccc2n1C. The molecule has 1 aromatic carbocycles. The minimum Gasteiger partial charge on any atom is -0.348 e. The van der Waals surface area contributed by atoms with Crippen LogP contribution in [0.15, 0.2) is 24.3 Å². The molecule has 0 aliphatic carbocycles. The summed E-state index contributed by atoms with van der Waals surface area (Å²) in [5, 5.41) is 1.36. The fourth-order valence-corrected chi connectivity index (χ4v) is 6.52. The van der Waals surface area contributed by atoms with E-state index in [0.717, 1.165) is 26.2 Å². The van der Waals surface area contributed by atoms with E-state index in [4.69, 9.17) is 0 Å². The molecule has 1 aromatic heterocycles. The molecule has 0 unspecified atom stereocenters. The van der Waals surface area contributed by atoms with Gasteiger partial charge in [-0.2, -0.15) is 0 Å². The second-order valence-electron chi connectivity index (χ2n) is 10.2. The van der Waals surface area contributed by atoms with Crippen molar-refractivity contribution in [3.63, 3.8) is 0 Å². The number of fused-ring (bicyclic) bond motifs is 1. The Morgan fingerprint density at radius 1 is 0.929 bits per heavy atom. The second-order valence-corrected chi connectivity index (χ2v) is 10.2. The molecule has 150 valence electrons. The number of piperidine rings is 2. The molecule has 4 bridgehead atoms. The molecule has 0 saturated carbocycles. The number of para-hydroxylation sites is 1. The standard InChI is InChI=1S/C24H33N3O/c1-15(2)23-11-26-13-24(16(3)4,22(23)28)14-27(12-23)21(26)20-17(5)25(6)19-10-8-7-9-18(19)20/h7-10,15-16,21H,11-14H2,1-6H3. The third kappa shape index (κ3) is 2.01. The molecule has 0 spiro atoms. The second kappa shape index (κ2) is 5.70. The molecule has 4 fully saturated rings. The van der Waals surface area contributed by atoms with Crippen LogP contribution in [0.5, 0.6) is 0 Å². The van der Waals surface area contributed by atoms with Crippen LogP contribution in [0.2, 0.25) is 0 Å². The van der Waals surface area contributed by atoms with Gasteiger partial charge in [0.15, 0.2) is 5.78 Å². The van der Waals surface area contributed by atoms with Crippen molar-refractivity contribution in [1.82, 2.24) is 14.4 Å². The zero-order valence-electron chi connectivity index (χ0n) is 18.1. The summed E-state index contributed by atoms with van der Waals surface area (Å²) in [6.07, 6.45) is 0.290. The summed E-state index contributed by atoms with van der Waals surface area (Å²) in [4.78, 5) is 19.1. The van der Waals surface area contributed by atoms with Crippen LogP contribution in [-0.4, -0.2) is 46.3 Å². The molecule has 4 heteroatoms. The van der Waals surface area contributed by atoms with Crippen molar-refractivity contribution in [3.05, 3.63) is 35.5 Å². The van der Waals surface area contributed by atoms with Crippen LogP contribution in [0.3, 0.4) is 0 Å². The maximum Gasteiger partial charge on any atom is 0.150 e. The summed E-state index contributed by atoms with van der Waals surface area (Å²) in [6, 6.07) is 8.78. The fraction of sp³-hybridized carbons (Fsp3) is 0.625. The zero-order chi connectivity index (χ0) is 20.0. The Kier molecular flexibility index (Phi) is 3.74. The molecule has 0 atom stereocenters. The number of hydrogen-bond donors (Lipinski definition) is 0. The lowest BCUT2D eigenvalue weighted by Crippen LogP contribution is -2.78. The van der Waals surface area contributed by atoms with E-state index in [9.17, 15) is 4.79 Å². The van der Waals surface area contributed by atoms with Crippen molar-refractivity contribution in [3.8, 4) is 0 Å². The predicted octanol–water partition coefficient (Wildman–Crippen LogP) is 3.98.